The topological polar surface area (TPSA) is 163 Å². The van der Waals surface area contributed by atoms with Crippen LogP contribution in [0.25, 0.3) is 0 Å². The number of hydrogen-bond donors (Lipinski definition) is 2. The van der Waals surface area contributed by atoms with E-state index in [1.54, 1.807) is 24.5 Å². The minimum Gasteiger partial charge on any atom is -0.426 e. The van der Waals surface area contributed by atoms with Crippen molar-refractivity contribution in [3.63, 3.8) is 0 Å². The number of carbonyl (C=O) groups is 4. The van der Waals surface area contributed by atoms with Gasteiger partial charge in [0.2, 0.25) is 6.29 Å². The summed E-state index contributed by atoms with van der Waals surface area (Å²) in [4.78, 5) is 61.3. The quantitative estimate of drug-likeness (QED) is 0.144. The number of fused-ring (bicyclic) bond motifs is 1. The van der Waals surface area contributed by atoms with Gasteiger partial charge in [0, 0.05) is 25.0 Å². The van der Waals surface area contributed by atoms with Crippen molar-refractivity contribution in [3.8, 4) is 0 Å². The Hall–Kier alpha value is -3.39. The fraction of sp³-hybridized carbons (Fsp3) is 0.478. The molecule has 0 aromatic carbocycles. The first-order valence-corrected chi connectivity index (χ1v) is 13.5. The average molecular weight is 550 g/mol. The molecular formula is C23H27N5O7S2. The molecule has 4 rings (SSSR count). The van der Waals surface area contributed by atoms with E-state index in [9.17, 15) is 19.2 Å². The number of rotatable bonds is 10. The van der Waals surface area contributed by atoms with Gasteiger partial charge in [-0.1, -0.05) is 17.3 Å². The summed E-state index contributed by atoms with van der Waals surface area (Å²) >= 11 is 2.54. The highest BCUT2D eigenvalue weighted by Crippen LogP contribution is 2.41. The van der Waals surface area contributed by atoms with E-state index in [1.165, 1.54) is 30.5 Å². The number of esters is 2. The summed E-state index contributed by atoms with van der Waals surface area (Å²) in [6.45, 7) is 4.78. The average Bonchev–Trinajstić information content (AvgIpc) is 3.57. The Morgan fingerprint density at radius 1 is 1.35 bits per heavy atom. The molecule has 3 atom stereocenters. The molecule has 3 N–H and O–H groups in total. The summed E-state index contributed by atoms with van der Waals surface area (Å²) in [7, 11) is 0. The molecular weight excluding hydrogens is 522 g/mol. The molecule has 1 aromatic rings. The Morgan fingerprint density at radius 2 is 2.11 bits per heavy atom. The second kappa shape index (κ2) is 11.3. The minimum atomic E-state index is -1.13. The Morgan fingerprint density at radius 3 is 2.73 bits per heavy atom. The number of allylic oxidation sites excluding steroid dienone is 2. The standard InChI is InChI=1S/C23H27N5O7S2/c1-4-5-14-9-36-21-17(20(31)28(21)18(14)22(32)35-12(3)34-11(2)29)26-19(30)16(15-10-37-23(24)25-15)27-33-8-13-6-7-13/h4-5,10,12-13,17,21H,6-9H2,1-3H3,(H2,24,25)(H,26,30)/b5-4-,27-16-/t12?,17-,21-/m1/s1. The zero-order valence-corrected chi connectivity index (χ0v) is 22.1. The molecule has 1 unspecified atom stereocenters. The van der Waals surface area contributed by atoms with Crippen molar-refractivity contribution in [1.82, 2.24) is 15.2 Å². The normalized spacial score (nSPS) is 22.3. The number of ether oxygens (including phenoxy) is 2. The number of β-lactam (4-membered cyclic amide) rings is 1. The molecule has 12 nitrogen and oxygen atoms in total. The fourth-order valence-electron chi connectivity index (χ4n) is 3.73. The Balaban J connectivity index is 1.50. The van der Waals surface area contributed by atoms with Crippen LogP contribution < -0.4 is 11.1 Å². The van der Waals surface area contributed by atoms with Crippen LogP contribution in [0, 0.1) is 5.92 Å². The maximum Gasteiger partial charge on any atom is 0.358 e. The highest BCUT2D eigenvalue weighted by molar-refractivity contribution is 8.00. The second-order valence-corrected chi connectivity index (χ2v) is 10.6. The van der Waals surface area contributed by atoms with Gasteiger partial charge in [-0.3, -0.25) is 19.3 Å². The van der Waals surface area contributed by atoms with Gasteiger partial charge in [0.15, 0.2) is 10.8 Å². The molecule has 1 aliphatic carbocycles. The van der Waals surface area contributed by atoms with E-state index in [-0.39, 0.29) is 22.2 Å². The zero-order valence-electron chi connectivity index (χ0n) is 20.5. The molecule has 0 spiro atoms. The van der Waals surface area contributed by atoms with E-state index < -0.39 is 41.5 Å². The van der Waals surface area contributed by atoms with Gasteiger partial charge in [-0.15, -0.1) is 23.1 Å². The van der Waals surface area contributed by atoms with Crippen molar-refractivity contribution < 1.29 is 33.5 Å². The molecule has 0 radical (unpaired) electrons. The van der Waals surface area contributed by atoms with Crippen LogP contribution in [0.3, 0.4) is 0 Å². The molecule has 2 amide bonds. The Bertz CT molecular complexity index is 1190. The van der Waals surface area contributed by atoms with Crippen molar-refractivity contribution in [3.05, 3.63) is 34.5 Å². The van der Waals surface area contributed by atoms with Gasteiger partial charge in [-0.2, -0.15) is 0 Å². The molecule has 1 aromatic heterocycles. The van der Waals surface area contributed by atoms with E-state index >= 15 is 0 Å². The van der Waals surface area contributed by atoms with E-state index in [0.717, 1.165) is 24.2 Å². The first-order chi connectivity index (χ1) is 17.7. The van der Waals surface area contributed by atoms with Crippen LogP contribution in [0.1, 0.15) is 39.3 Å². The lowest BCUT2D eigenvalue weighted by molar-refractivity contribution is -0.182. The smallest absolute Gasteiger partial charge is 0.358 e. The predicted molar refractivity (Wildman–Crippen MR) is 136 cm³/mol. The number of nitrogens with zero attached hydrogens (tertiary/aromatic N) is 3. The number of thiazole rings is 1. The number of nitrogen functional groups attached to an aromatic ring is 1. The van der Waals surface area contributed by atoms with Crippen LogP contribution >= 0.6 is 23.1 Å². The maximum atomic E-state index is 13.2. The molecule has 198 valence electrons. The van der Waals surface area contributed by atoms with Gasteiger partial charge in [0.25, 0.3) is 11.8 Å². The number of oxime groups is 1. The third-order valence-corrected chi connectivity index (χ3v) is 7.57. The molecule has 0 bridgehead atoms. The first kappa shape index (κ1) is 26.7. The number of carbonyl (C=O) groups excluding carboxylic acids is 4. The SMILES string of the molecule is C/C=C\C1=C(C(=O)OC(C)OC(C)=O)N2C(=O)[C@@H](NC(=O)/C(=N\OCC3CC3)c3csc(N)n3)[C@H]2SC1. The third kappa shape index (κ3) is 6.13. The van der Waals surface area contributed by atoms with Crippen LogP contribution in [-0.4, -0.2) is 69.4 Å². The molecule has 37 heavy (non-hydrogen) atoms. The highest BCUT2D eigenvalue weighted by atomic mass is 32.2. The lowest BCUT2D eigenvalue weighted by atomic mass is 10.0. The number of nitrogens with two attached hydrogens (primary N) is 1. The number of anilines is 1. The van der Waals surface area contributed by atoms with Gasteiger partial charge in [-0.25, -0.2) is 9.78 Å². The fourth-order valence-corrected chi connectivity index (χ4v) is 5.59. The molecule has 14 heteroatoms. The van der Waals surface area contributed by atoms with Gasteiger partial charge in [0.1, 0.15) is 29.4 Å². The number of hydrogen-bond acceptors (Lipinski definition) is 12. The van der Waals surface area contributed by atoms with Crippen LogP contribution in [0.5, 0.6) is 0 Å². The largest absolute Gasteiger partial charge is 0.426 e. The Labute approximate surface area is 221 Å². The van der Waals surface area contributed by atoms with Gasteiger partial charge in [0.05, 0.1) is 0 Å². The van der Waals surface area contributed by atoms with Crippen molar-refractivity contribution in [1.29, 1.82) is 0 Å². The molecule has 1 saturated carbocycles. The first-order valence-electron chi connectivity index (χ1n) is 11.6. The summed E-state index contributed by atoms with van der Waals surface area (Å²) in [6.07, 6.45) is 4.43. The molecule has 3 heterocycles. The molecule has 2 aliphatic heterocycles. The zero-order chi connectivity index (χ0) is 26.7. The van der Waals surface area contributed by atoms with Gasteiger partial charge < -0.3 is 25.4 Å². The highest BCUT2D eigenvalue weighted by Gasteiger charge is 2.54. The summed E-state index contributed by atoms with van der Waals surface area (Å²) in [5.41, 5.74) is 6.52. The van der Waals surface area contributed by atoms with E-state index in [0.29, 0.717) is 23.9 Å². The van der Waals surface area contributed by atoms with Crippen LogP contribution in [0.2, 0.25) is 0 Å². The molecule has 1 saturated heterocycles. The van der Waals surface area contributed by atoms with Crippen molar-refractivity contribution in [2.75, 3.05) is 18.1 Å². The minimum absolute atomic E-state index is 0.0466. The third-order valence-electron chi connectivity index (χ3n) is 5.59. The van der Waals surface area contributed by atoms with Crippen LogP contribution in [0.4, 0.5) is 5.13 Å². The maximum absolute atomic E-state index is 13.2. The monoisotopic (exact) mass is 549 g/mol. The summed E-state index contributed by atoms with van der Waals surface area (Å²) in [5, 5.41) is 7.99. The predicted octanol–water partition coefficient (Wildman–Crippen LogP) is 1.54. The van der Waals surface area contributed by atoms with Gasteiger partial charge >= 0.3 is 11.9 Å². The van der Waals surface area contributed by atoms with Crippen LogP contribution in [-0.2, 0) is 33.5 Å². The van der Waals surface area contributed by atoms with E-state index in [2.05, 4.69) is 15.5 Å². The number of thioether (sulfide) groups is 1. The van der Waals surface area contributed by atoms with Crippen molar-refractivity contribution in [2.45, 2.75) is 51.3 Å². The van der Waals surface area contributed by atoms with Crippen molar-refractivity contribution >= 4 is 57.7 Å². The lowest BCUT2D eigenvalue weighted by Gasteiger charge is -2.49. The summed E-state index contributed by atoms with van der Waals surface area (Å²) < 4.78 is 10.1. The lowest BCUT2D eigenvalue weighted by Crippen LogP contribution is -2.71. The van der Waals surface area contributed by atoms with E-state index in [1.807, 2.05) is 0 Å². The summed E-state index contributed by atoms with van der Waals surface area (Å²) in [6, 6.07) is -0.914. The number of aromatic nitrogens is 1. The van der Waals surface area contributed by atoms with Crippen LogP contribution in [0.15, 0.2) is 34.0 Å². The Kier molecular flexibility index (Phi) is 8.17. The second-order valence-electron chi connectivity index (χ2n) is 8.57. The number of amides is 2. The molecule has 2 fully saturated rings. The molecule has 3 aliphatic rings. The van der Waals surface area contributed by atoms with E-state index in [4.69, 9.17) is 20.0 Å². The summed E-state index contributed by atoms with van der Waals surface area (Å²) in [5.74, 6) is -1.73. The van der Waals surface area contributed by atoms with Crippen molar-refractivity contribution in [2.24, 2.45) is 11.1 Å². The number of nitrogens with one attached hydrogen (secondary N) is 1. The van der Waals surface area contributed by atoms with Gasteiger partial charge in [-0.05, 0) is 31.3 Å².